The number of fused-ring (bicyclic) bond motifs is 1. The molecule has 1 saturated heterocycles. The monoisotopic (exact) mass is 305 g/mol. The van der Waals surface area contributed by atoms with Gasteiger partial charge in [-0.2, -0.15) is 0 Å². The van der Waals surface area contributed by atoms with Crippen molar-refractivity contribution >= 4 is 33.3 Å². The predicted molar refractivity (Wildman–Crippen MR) is 84.4 cm³/mol. The van der Waals surface area contributed by atoms with Crippen LogP contribution in [0.5, 0.6) is 0 Å². The Morgan fingerprint density at radius 2 is 2.19 bits per heavy atom. The first-order valence-electron chi connectivity index (χ1n) is 7.14. The molecule has 0 spiro atoms. The van der Waals surface area contributed by atoms with E-state index in [1.165, 1.54) is 11.3 Å². The maximum atomic E-state index is 12.7. The summed E-state index contributed by atoms with van der Waals surface area (Å²) in [6, 6.07) is 0.375. The first kappa shape index (κ1) is 14.2. The number of carbonyl (C=O) groups is 1. The molecule has 0 aromatic carbocycles. The smallest absolute Gasteiger partial charge is 0.266 e. The van der Waals surface area contributed by atoms with Crippen molar-refractivity contribution in [1.29, 1.82) is 0 Å². The summed E-state index contributed by atoms with van der Waals surface area (Å²) < 4.78 is 0. The number of hydrogen-bond acceptors (Lipinski definition) is 6. The highest BCUT2D eigenvalue weighted by Crippen LogP contribution is 2.31. The van der Waals surface area contributed by atoms with Crippen LogP contribution in [0.25, 0.3) is 10.3 Å². The molecular formula is C14H19N5OS. The molecule has 7 heteroatoms. The Hall–Kier alpha value is -1.73. The molecule has 2 aromatic rings. The maximum Gasteiger partial charge on any atom is 0.266 e. The first-order chi connectivity index (χ1) is 10.1. The lowest BCUT2D eigenvalue weighted by Gasteiger charge is -2.39. The van der Waals surface area contributed by atoms with Crippen molar-refractivity contribution in [1.82, 2.24) is 19.8 Å². The summed E-state index contributed by atoms with van der Waals surface area (Å²) in [6.07, 6.45) is 3.22. The van der Waals surface area contributed by atoms with Gasteiger partial charge in [0.2, 0.25) is 0 Å². The molecule has 0 radical (unpaired) electrons. The molecule has 112 valence electrons. The van der Waals surface area contributed by atoms with Crippen LogP contribution in [0.15, 0.2) is 12.4 Å². The van der Waals surface area contributed by atoms with Crippen molar-refractivity contribution in [3.05, 3.63) is 17.3 Å². The molecule has 1 atom stereocenters. The normalized spacial score (nSPS) is 20.1. The van der Waals surface area contributed by atoms with Crippen molar-refractivity contribution in [3.8, 4) is 0 Å². The Morgan fingerprint density at radius 1 is 1.43 bits per heavy atom. The second kappa shape index (κ2) is 5.57. The summed E-state index contributed by atoms with van der Waals surface area (Å²) in [5.74, 6) is -0.0000898. The third-order valence-electron chi connectivity index (χ3n) is 4.02. The van der Waals surface area contributed by atoms with E-state index in [0.717, 1.165) is 31.0 Å². The van der Waals surface area contributed by atoms with Crippen molar-refractivity contribution in [2.75, 3.05) is 31.9 Å². The van der Waals surface area contributed by atoms with Gasteiger partial charge in [-0.05, 0) is 13.5 Å². The van der Waals surface area contributed by atoms with E-state index in [1.807, 2.05) is 4.90 Å². The van der Waals surface area contributed by atoms with Crippen molar-refractivity contribution in [2.24, 2.45) is 0 Å². The molecule has 0 bridgehead atoms. The van der Waals surface area contributed by atoms with E-state index in [-0.39, 0.29) is 5.91 Å². The summed E-state index contributed by atoms with van der Waals surface area (Å²) in [7, 11) is 0. The lowest BCUT2D eigenvalue weighted by Crippen LogP contribution is -2.53. The number of hydrogen-bond donors (Lipinski definition) is 1. The average molecular weight is 305 g/mol. The molecule has 1 aliphatic rings. The van der Waals surface area contributed by atoms with Gasteiger partial charge in [-0.15, -0.1) is 11.3 Å². The third-order valence-corrected chi connectivity index (χ3v) is 5.11. The number of piperazine rings is 1. The lowest BCUT2D eigenvalue weighted by molar-refractivity contribution is 0.0533. The van der Waals surface area contributed by atoms with Gasteiger partial charge in [0.1, 0.15) is 15.2 Å². The van der Waals surface area contributed by atoms with Crippen LogP contribution in [0.3, 0.4) is 0 Å². The molecule has 1 amide bonds. The van der Waals surface area contributed by atoms with Gasteiger partial charge in [-0.1, -0.05) is 6.92 Å². The minimum absolute atomic E-state index is 0.0000898. The second-order valence-electron chi connectivity index (χ2n) is 5.28. The molecule has 21 heavy (non-hydrogen) atoms. The van der Waals surface area contributed by atoms with Gasteiger partial charge in [0.15, 0.2) is 0 Å². The number of carbonyl (C=O) groups excluding carboxylic acids is 1. The molecule has 6 nitrogen and oxygen atoms in total. The number of aromatic nitrogens is 2. The zero-order valence-electron chi connectivity index (χ0n) is 12.2. The quantitative estimate of drug-likeness (QED) is 0.908. The van der Waals surface area contributed by atoms with E-state index in [9.17, 15) is 4.79 Å². The van der Waals surface area contributed by atoms with E-state index in [0.29, 0.717) is 22.1 Å². The molecule has 0 saturated carbocycles. The van der Waals surface area contributed by atoms with E-state index >= 15 is 0 Å². The molecule has 1 fully saturated rings. The number of thiophene rings is 1. The molecule has 2 N–H and O–H groups in total. The minimum Gasteiger partial charge on any atom is -0.396 e. The Kier molecular flexibility index (Phi) is 3.77. The molecule has 3 heterocycles. The summed E-state index contributed by atoms with van der Waals surface area (Å²) in [5, 5.41) is 0. The van der Waals surface area contributed by atoms with Gasteiger partial charge in [-0.3, -0.25) is 9.69 Å². The Morgan fingerprint density at radius 3 is 2.86 bits per heavy atom. The van der Waals surface area contributed by atoms with E-state index in [4.69, 9.17) is 5.73 Å². The maximum absolute atomic E-state index is 12.7. The number of nitrogens with zero attached hydrogens (tertiary/aromatic N) is 4. The molecule has 3 rings (SSSR count). The van der Waals surface area contributed by atoms with Gasteiger partial charge in [0, 0.05) is 38.1 Å². The van der Waals surface area contributed by atoms with Crippen LogP contribution in [0.2, 0.25) is 0 Å². The zero-order valence-corrected chi connectivity index (χ0v) is 13.1. The number of amides is 1. The predicted octanol–water partition coefficient (Wildman–Crippen LogP) is 1.44. The van der Waals surface area contributed by atoms with E-state index in [1.54, 1.807) is 12.4 Å². The number of likely N-dealkylation sites (N-methyl/N-ethyl adjacent to an activating group) is 1. The van der Waals surface area contributed by atoms with Gasteiger partial charge in [-0.25, -0.2) is 9.97 Å². The number of anilines is 1. The van der Waals surface area contributed by atoms with Gasteiger partial charge < -0.3 is 10.6 Å². The van der Waals surface area contributed by atoms with Gasteiger partial charge in [0.25, 0.3) is 5.91 Å². The van der Waals surface area contributed by atoms with Gasteiger partial charge in [0.05, 0.1) is 5.69 Å². The van der Waals surface area contributed by atoms with Crippen LogP contribution in [0, 0.1) is 0 Å². The second-order valence-corrected chi connectivity index (χ2v) is 6.28. The Labute approximate surface area is 127 Å². The van der Waals surface area contributed by atoms with Crippen molar-refractivity contribution in [3.63, 3.8) is 0 Å². The number of nitrogens with two attached hydrogens (primary N) is 1. The summed E-state index contributed by atoms with van der Waals surface area (Å²) in [5.41, 5.74) is 7.17. The van der Waals surface area contributed by atoms with E-state index in [2.05, 4.69) is 28.7 Å². The van der Waals surface area contributed by atoms with Crippen LogP contribution in [-0.2, 0) is 0 Å². The van der Waals surface area contributed by atoms with Crippen molar-refractivity contribution < 1.29 is 4.79 Å². The van der Waals surface area contributed by atoms with Crippen molar-refractivity contribution in [2.45, 2.75) is 19.9 Å². The first-order valence-corrected chi connectivity index (χ1v) is 7.95. The highest BCUT2D eigenvalue weighted by atomic mass is 32.1. The number of nitrogen functional groups attached to an aromatic ring is 1. The molecule has 2 aromatic heterocycles. The fourth-order valence-electron chi connectivity index (χ4n) is 2.80. The molecule has 1 aliphatic heterocycles. The third kappa shape index (κ3) is 2.47. The Balaban J connectivity index is 1.86. The van der Waals surface area contributed by atoms with Crippen LogP contribution >= 0.6 is 11.3 Å². The lowest BCUT2D eigenvalue weighted by atomic mass is 10.2. The van der Waals surface area contributed by atoms with Crippen LogP contribution in [0.4, 0.5) is 5.69 Å². The molecule has 0 aliphatic carbocycles. The average Bonchev–Trinajstić information content (AvgIpc) is 2.84. The SMILES string of the molecule is CCN1CCN(C(=O)c2sc3nccnc3c2N)CC1C. The zero-order chi connectivity index (χ0) is 15.0. The summed E-state index contributed by atoms with van der Waals surface area (Å²) in [4.78, 5) is 26.7. The fraction of sp³-hybridized carbons (Fsp3) is 0.500. The minimum atomic E-state index is -0.0000898. The fourth-order valence-corrected chi connectivity index (χ4v) is 3.79. The van der Waals surface area contributed by atoms with Gasteiger partial charge >= 0.3 is 0 Å². The Bertz CT molecular complexity index is 670. The highest BCUT2D eigenvalue weighted by molar-refractivity contribution is 7.21. The van der Waals surface area contributed by atoms with E-state index < -0.39 is 0 Å². The summed E-state index contributed by atoms with van der Waals surface area (Å²) in [6.45, 7) is 7.70. The standard InChI is InChI=1S/C14H19N5OS/c1-3-18-6-7-19(8-9(18)2)14(20)12-10(15)11-13(21-12)17-5-4-16-11/h4-5,9H,3,6-8,15H2,1-2H3. The van der Waals surface area contributed by atoms with Crippen LogP contribution in [-0.4, -0.2) is 57.9 Å². The molecule has 1 unspecified atom stereocenters. The number of rotatable bonds is 2. The van der Waals surface area contributed by atoms with Crippen LogP contribution < -0.4 is 5.73 Å². The molecular weight excluding hydrogens is 286 g/mol. The summed E-state index contributed by atoms with van der Waals surface area (Å²) >= 11 is 1.33. The topological polar surface area (TPSA) is 75.3 Å². The highest BCUT2D eigenvalue weighted by Gasteiger charge is 2.29. The van der Waals surface area contributed by atoms with Crippen LogP contribution in [0.1, 0.15) is 23.5 Å². The largest absolute Gasteiger partial charge is 0.396 e.